The fourth-order valence-corrected chi connectivity index (χ4v) is 1.72. The van der Waals surface area contributed by atoms with E-state index >= 15 is 0 Å². The zero-order chi connectivity index (χ0) is 11.4. The number of allylic oxidation sites excluding steroid dienone is 2. The normalized spacial score (nSPS) is 12.0. The summed E-state index contributed by atoms with van der Waals surface area (Å²) in [6, 6.07) is 0. The fraction of sp³-hybridized carbons (Fsp3) is 0.857. The predicted molar refractivity (Wildman–Crippen MR) is 69.8 cm³/mol. The number of hydrogen-bond donors (Lipinski definition) is 1. The van der Waals surface area contributed by atoms with Crippen molar-refractivity contribution in [3.05, 3.63) is 11.8 Å². The van der Waals surface area contributed by atoms with Gasteiger partial charge in [-0.15, -0.1) is 0 Å². The molecule has 90 valence electrons. The molecule has 0 aliphatic heterocycles. The molecule has 15 heavy (non-hydrogen) atoms. The Balaban J connectivity index is 3.27. The van der Waals surface area contributed by atoms with Gasteiger partial charge in [0.25, 0.3) is 0 Å². The van der Waals surface area contributed by atoms with Gasteiger partial charge in [0.1, 0.15) is 0 Å². The lowest BCUT2D eigenvalue weighted by atomic mass is 10.1. The van der Waals surface area contributed by atoms with E-state index in [1.165, 1.54) is 57.8 Å². The molecule has 1 heteroatoms. The van der Waals surface area contributed by atoms with Crippen LogP contribution in [0.2, 0.25) is 0 Å². The zero-order valence-corrected chi connectivity index (χ0v) is 10.7. The van der Waals surface area contributed by atoms with E-state index in [0.717, 1.165) is 12.1 Å². The third kappa shape index (κ3) is 11.5. The Hall–Kier alpha value is -0.460. The summed E-state index contributed by atoms with van der Waals surface area (Å²) in [5.41, 5.74) is 7.05. The molecule has 0 radical (unpaired) electrons. The molecular weight excluding hydrogens is 182 g/mol. The molecule has 0 rings (SSSR count). The van der Waals surface area contributed by atoms with Crippen molar-refractivity contribution in [1.82, 2.24) is 0 Å². The zero-order valence-electron chi connectivity index (χ0n) is 10.7. The van der Waals surface area contributed by atoms with Crippen LogP contribution in [0.25, 0.3) is 0 Å². The second-order valence-corrected chi connectivity index (χ2v) is 4.44. The lowest BCUT2D eigenvalue weighted by Gasteiger charge is -2.01. The summed E-state index contributed by atoms with van der Waals surface area (Å²) in [7, 11) is 0. The van der Waals surface area contributed by atoms with Gasteiger partial charge in [0.15, 0.2) is 0 Å². The summed E-state index contributed by atoms with van der Waals surface area (Å²) in [5.74, 6) is 0. The minimum absolute atomic E-state index is 1.10. The van der Waals surface area contributed by atoms with Crippen molar-refractivity contribution in [2.75, 3.05) is 0 Å². The largest absolute Gasteiger partial charge is 0.402 e. The van der Waals surface area contributed by atoms with Crippen molar-refractivity contribution in [2.45, 2.75) is 78.1 Å². The van der Waals surface area contributed by atoms with Crippen molar-refractivity contribution in [3.8, 4) is 0 Å². The van der Waals surface area contributed by atoms with Gasteiger partial charge in [-0.3, -0.25) is 0 Å². The van der Waals surface area contributed by atoms with Crippen molar-refractivity contribution < 1.29 is 0 Å². The molecule has 0 aromatic rings. The molecule has 0 aliphatic rings. The second kappa shape index (κ2) is 11.6. The van der Waals surface area contributed by atoms with Crippen LogP contribution in [-0.2, 0) is 0 Å². The lowest BCUT2D eigenvalue weighted by Crippen LogP contribution is -1.97. The van der Waals surface area contributed by atoms with E-state index < -0.39 is 0 Å². The molecule has 0 atom stereocenters. The van der Waals surface area contributed by atoms with E-state index in [0.29, 0.717) is 0 Å². The minimum Gasteiger partial charge on any atom is -0.402 e. The highest BCUT2D eigenvalue weighted by atomic mass is 14.6. The van der Waals surface area contributed by atoms with E-state index in [1.54, 1.807) is 0 Å². The van der Waals surface area contributed by atoms with E-state index in [4.69, 9.17) is 5.73 Å². The molecule has 0 amide bonds. The first kappa shape index (κ1) is 14.5. The summed E-state index contributed by atoms with van der Waals surface area (Å²) in [4.78, 5) is 0. The third-order valence-corrected chi connectivity index (χ3v) is 2.78. The van der Waals surface area contributed by atoms with Gasteiger partial charge in [-0.05, 0) is 25.7 Å². The van der Waals surface area contributed by atoms with Crippen molar-refractivity contribution >= 4 is 0 Å². The summed E-state index contributed by atoms with van der Waals surface area (Å²) in [5, 5.41) is 0. The summed E-state index contributed by atoms with van der Waals surface area (Å²) >= 11 is 0. The first-order valence-electron chi connectivity index (χ1n) is 6.75. The predicted octanol–water partition coefficient (Wildman–Crippen LogP) is 4.77. The van der Waals surface area contributed by atoms with Gasteiger partial charge in [0.05, 0.1) is 0 Å². The van der Waals surface area contributed by atoms with Crippen molar-refractivity contribution in [3.63, 3.8) is 0 Å². The quantitative estimate of drug-likeness (QED) is 0.517. The first-order chi connectivity index (χ1) is 7.31. The Morgan fingerprint density at radius 1 is 0.867 bits per heavy atom. The van der Waals surface area contributed by atoms with Crippen LogP contribution < -0.4 is 5.73 Å². The SMILES string of the molecule is CCCCCC/C=C(\N)CCCCCC. The molecule has 0 fully saturated rings. The molecule has 2 N–H and O–H groups in total. The van der Waals surface area contributed by atoms with Crippen LogP contribution >= 0.6 is 0 Å². The molecular formula is C14H29N. The molecule has 0 unspecified atom stereocenters. The van der Waals surface area contributed by atoms with E-state index in [-0.39, 0.29) is 0 Å². The van der Waals surface area contributed by atoms with Crippen LogP contribution in [0.5, 0.6) is 0 Å². The van der Waals surface area contributed by atoms with Crippen LogP contribution in [0.4, 0.5) is 0 Å². The highest BCUT2D eigenvalue weighted by molar-refractivity contribution is 4.95. The van der Waals surface area contributed by atoms with Crippen molar-refractivity contribution in [2.24, 2.45) is 5.73 Å². The van der Waals surface area contributed by atoms with Crippen molar-refractivity contribution in [1.29, 1.82) is 0 Å². The van der Waals surface area contributed by atoms with E-state index in [9.17, 15) is 0 Å². The number of unbranched alkanes of at least 4 members (excludes halogenated alkanes) is 7. The van der Waals surface area contributed by atoms with Gasteiger partial charge < -0.3 is 5.73 Å². The number of nitrogens with two attached hydrogens (primary N) is 1. The molecule has 0 heterocycles. The minimum atomic E-state index is 1.10. The summed E-state index contributed by atoms with van der Waals surface area (Å²) in [6.45, 7) is 4.49. The molecule has 0 aliphatic carbocycles. The Morgan fingerprint density at radius 3 is 2.07 bits per heavy atom. The molecule has 0 aromatic heterocycles. The Morgan fingerprint density at radius 2 is 1.47 bits per heavy atom. The van der Waals surface area contributed by atoms with Gasteiger partial charge in [-0.25, -0.2) is 0 Å². The van der Waals surface area contributed by atoms with Gasteiger partial charge in [-0.1, -0.05) is 58.4 Å². The van der Waals surface area contributed by atoms with Gasteiger partial charge in [0.2, 0.25) is 0 Å². The molecule has 1 nitrogen and oxygen atoms in total. The van der Waals surface area contributed by atoms with E-state index in [2.05, 4.69) is 19.9 Å². The molecule has 0 bridgehead atoms. The summed E-state index contributed by atoms with van der Waals surface area (Å²) in [6.07, 6.45) is 15.1. The lowest BCUT2D eigenvalue weighted by molar-refractivity contribution is 0.653. The third-order valence-electron chi connectivity index (χ3n) is 2.78. The fourth-order valence-electron chi connectivity index (χ4n) is 1.72. The second-order valence-electron chi connectivity index (χ2n) is 4.44. The Kier molecular flexibility index (Phi) is 11.3. The van der Waals surface area contributed by atoms with Crippen LogP contribution in [0.1, 0.15) is 78.1 Å². The highest BCUT2D eigenvalue weighted by Crippen LogP contribution is 2.09. The van der Waals surface area contributed by atoms with Gasteiger partial charge in [0, 0.05) is 5.70 Å². The maximum Gasteiger partial charge on any atom is 0.00399 e. The number of rotatable bonds is 10. The smallest absolute Gasteiger partial charge is 0.00399 e. The van der Waals surface area contributed by atoms with Crippen LogP contribution in [0, 0.1) is 0 Å². The standard InChI is InChI=1S/C14H29N/c1-3-5-7-9-11-13-14(15)12-10-8-6-4-2/h13H,3-12,15H2,1-2H3/b14-13-. The monoisotopic (exact) mass is 211 g/mol. The molecule has 0 saturated carbocycles. The maximum atomic E-state index is 5.93. The topological polar surface area (TPSA) is 26.0 Å². The van der Waals surface area contributed by atoms with E-state index in [1.807, 2.05) is 0 Å². The average Bonchev–Trinajstić information content (AvgIpc) is 2.24. The molecule has 0 saturated heterocycles. The Bertz CT molecular complexity index is 149. The highest BCUT2D eigenvalue weighted by Gasteiger charge is 1.92. The first-order valence-corrected chi connectivity index (χ1v) is 6.75. The molecule has 0 spiro atoms. The van der Waals surface area contributed by atoms with Crippen LogP contribution in [0.3, 0.4) is 0 Å². The van der Waals surface area contributed by atoms with Crippen LogP contribution in [0.15, 0.2) is 11.8 Å². The number of hydrogen-bond acceptors (Lipinski definition) is 1. The molecule has 0 aromatic carbocycles. The van der Waals surface area contributed by atoms with Crippen LogP contribution in [-0.4, -0.2) is 0 Å². The average molecular weight is 211 g/mol. The maximum absolute atomic E-state index is 5.93. The Labute approximate surface area is 96.1 Å². The van der Waals surface area contributed by atoms with Gasteiger partial charge >= 0.3 is 0 Å². The van der Waals surface area contributed by atoms with Gasteiger partial charge in [-0.2, -0.15) is 0 Å². The summed E-state index contributed by atoms with van der Waals surface area (Å²) < 4.78 is 0.